The number of carbonyl (C=O) groups is 1. The Morgan fingerprint density at radius 1 is 1.44 bits per heavy atom. The van der Waals surface area contributed by atoms with Crippen LogP contribution in [0.1, 0.15) is 18.4 Å². The molecule has 1 heterocycles. The number of hydrogen-bond donors (Lipinski definition) is 2. The zero-order valence-electron chi connectivity index (χ0n) is 10.5. The number of ether oxygens (including phenoxy) is 2. The van der Waals surface area contributed by atoms with Crippen molar-refractivity contribution in [1.82, 2.24) is 0 Å². The molecule has 2 rings (SSSR count). The second kappa shape index (κ2) is 5.16. The van der Waals surface area contributed by atoms with Gasteiger partial charge in [-0.15, -0.1) is 0 Å². The molecule has 0 aliphatic carbocycles. The summed E-state index contributed by atoms with van der Waals surface area (Å²) in [5.41, 5.74) is 1.99. The summed E-state index contributed by atoms with van der Waals surface area (Å²) in [6.45, 7) is 0. The Labute approximate surface area is 106 Å². The van der Waals surface area contributed by atoms with Crippen molar-refractivity contribution in [3.8, 4) is 11.5 Å². The predicted octanol–water partition coefficient (Wildman–Crippen LogP) is 1.91. The third kappa shape index (κ3) is 2.50. The molecule has 18 heavy (non-hydrogen) atoms. The van der Waals surface area contributed by atoms with Crippen LogP contribution < -0.4 is 14.8 Å². The van der Waals surface area contributed by atoms with Crippen molar-refractivity contribution in [2.24, 2.45) is 0 Å². The van der Waals surface area contributed by atoms with E-state index in [2.05, 4.69) is 5.32 Å². The Hall–Kier alpha value is -1.91. The number of fused-ring (bicyclic) bond motifs is 1. The standard InChI is InChI=1S/C13H17NO4/c1-17-9-6-11-10(12(7-9)18-2)4-3-8(14-11)5-13(15)16/h6-8,14H,3-5H2,1-2H3,(H,15,16). The van der Waals surface area contributed by atoms with E-state index >= 15 is 0 Å². The third-order valence-electron chi connectivity index (χ3n) is 3.16. The van der Waals surface area contributed by atoms with E-state index in [1.165, 1.54) is 0 Å². The van der Waals surface area contributed by atoms with Crippen LogP contribution in [-0.2, 0) is 11.2 Å². The summed E-state index contributed by atoms with van der Waals surface area (Å²) >= 11 is 0. The molecule has 0 bridgehead atoms. The van der Waals surface area contributed by atoms with Gasteiger partial charge in [0, 0.05) is 29.4 Å². The van der Waals surface area contributed by atoms with Gasteiger partial charge in [0.25, 0.3) is 0 Å². The molecule has 0 fully saturated rings. The van der Waals surface area contributed by atoms with Crippen molar-refractivity contribution in [2.75, 3.05) is 19.5 Å². The predicted molar refractivity (Wildman–Crippen MR) is 67.5 cm³/mol. The molecule has 98 valence electrons. The molecular formula is C13H17NO4. The van der Waals surface area contributed by atoms with Crippen molar-refractivity contribution in [1.29, 1.82) is 0 Å². The number of benzene rings is 1. The van der Waals surface area contributed by atoms with Crippen molar-refractivity contribution >= 4 is 11.7 Å². The molecule has 1 aromatic rings. The Morgan fingerprint density at radius 3 is 2.83 bits per heavy atom. The lowest BCUT2D eigenvalue weighted by atomic mass is 9.95. The smallest absolute Gasteiger partial charge is 0.305 e. The van der Waals surface area contributed by atoms with Crippen LogP contribution in [0.5, 0.6) is 11.5 Å². The monoisotopic (exact) mass is 251 g/mol. The quantitative estimate of drug-likeness (QED) is 0.855. The minimum Gasteiger partial charge on any atom is -0.497 e. The topological polar surface area (TPSA) is 67.8 Å². The highest BCUT2D eigenvalue weighted by atomic mass is 16.5. The molecule has 1 aromatic carbocycles. The van der Waals surface area contributed by atoms with Gasteiger partial charge in [0.05, 0.1) is 20.6 Å². The second-order valence-electron chi connectivity index (χ2n) is 4.33. The fourth-order valence-corrected chi connectivity index (χ4v) is 2.28. The number of hydrogen-bond acceptors (Lipinski definition) is 4. The zero-order chi connectivity index (χ0) is 13.1. The van der Waals surface area contributed by atoms with Crippen LogP contribution in [0, 0.1) is 0 Å². The number of carboxylic acid groups (broad SMARTS) is 1. The van der Waals surface area contributed by atoms with Gasteiger partial charge >= 0.3 is 5.97 Å². The molecule has 0 aromatic heterocycles. The first kappa shape index (κ1) is 12.5. The van der Waals surface area contributed by atoms with Crippen LogP contribution in [0.3, 0.4) is 0 Å². The van der Waals surface area contributed by atoms with Gasteiger partial charge in [0.1, 0.15) is 11.5 Å². The van der Waals surface area contributed by atoms with E-state index in [-0.39, 0.29) is 12.5 Å². The maximum absolute atomic E-state index is 10.7. The van der Waals surface area contributed by atoms with Gasteiger partial charge in [-0.1, -0.05) is 0 Å². The molecule has 1 atom stereocenters. The minimum atomic E-state index is -0.786. The van der Waals surface area contributed by atoms with Crippen LogP contribution in [0.25, 0.3) is 0 Å². The van der Waals surface area contributed by atoms with Gasteiger partial charge in [-0.2, -0.15) is 0 Å². The highest BCUT2D eigenvalue weighted by Crippen LogP contribution is 2.37. The molecule has 5 nitrogen and oxygen atoms in total. The molecule has 0 saturated heterocycles. The zero-order valence-corrected chi connectivity index (χ0v) is 10.5. The summed E-state index contributed by atoms with van der Waals surface area (Å²) in [5.74, 6) is 0.700. The third-order valence-corrected chi connectivity index (χ3v) is 3.16. The lowest BCUT2D eigenvalue weighted by Gasteiger charge is -2.27. The van der Waals surface area contributed by atoms with Crippen molar-refractivity contribution < 1.29 is 19.4 Å². The van der Waals surface area contributed by atoms with Gasteiger partial charge in [-0.25, -0.2) is 0 Å². The SMILES string of the molecule is COc1cc2c(c(OC)c1)CCC(CC(=O)O)N2. The Morgan fingerprint density at radius 2 is 2.22 bits per heavy atom. The Kier molecular flexibility index (Phi) is 3.60. The fourth-order valence-electron chi connectivity index (χ4n) is 2.28. The average molecular weight is 251 g/mol. The van der Waals surface area contributed by atoms with Crippen LogP contribution in [-0.4, -0.2) is 31.3 Å². The highest BCUT2D eigenvalue weighted by molar-refractivity contribution is 5.70. The summed E-state index contributed by atoms with van der Waals surface area (Å²) in [7, 11) is 3.22. The summed E-state index contributed by atoms with van der Waals surface area (Å²) in [4.78, 5) is 10.7. The summed E-state index contributed by atoms with van der Waals surface area (Å²) in [6.07, 6.45) is 1.73. The van der Waals surface area contributed by atoms with Crippen molar-refractivity contribution in [3.63, 3.8) is 0 Å². The van der Waals surface area contributed by atoms with Crippen molar-refractivity contribution in [2.45, 2.75) is 25.3 Å². The first-order chi connectivity index (χ1) is 8.63. The number of aliphatic carboxylic acids is 1. The molecule has 1 aliphatic rings. The number of methoxy groups -OCH3 is 2. The van der Waals surface area contributed by atoms with Crippen LogP contribution >= 0.6 is 0 Å². The first-order valence-corrected chi connectivity index (χ1v) is 5.87. The van der Waals surface area contributed by atoms with Crippen LogP contribution in [0.2, 0.25) is 0 Å². The van der Waals surface area contributed by atoms with E-state index in [0.717, 1.165) is 29.8 Å². The van der Waals surface area contributed by atoms with E-state index in [1.54, 1.807) is 14.2 Å². The summed E-state index contributed by atoms with van der Waals surface area (Å²) in [5, 5.41) is 12.1. The number of carboxylic acids is 1. The molecule has 1 aliphatic heterocycles. The van der Waals surface area contributed by atoms with Gasteiger partial charge in [-0.05, 0) is 12.8 Å². The molecule has 0 amide bonds. The minimum absolute atomic E-state index is 0.0354. The molecule has 2 N–H and O–H groups in total. The van der Waals surface area contributed by atoms with Gasteiger partial charge in [0.2, 0.25) is 0 Å². The summed E-state index contributed by atoms with van der Waals surface area (Å²) < 4.78 is 10.5. The molecule has 0 spiro atoms. The Balaban J connectivity index is 2.27. The maximum Gasteiger partial charge on any atom is 0.305 e. The Bertz CT molecular complexity index is 459. The summed E-state index contributed by atoms with van der Waals surface area (Å²) in [6, 6.07) is 3.69. The van der Waals surface area contributed by atoms with Gasteiger partial charge in [0.15, 0.2) is 0 Å². The molecular weight excluding hydrogens is 234 g/mol. The van der Waals surface area contributed by atoms with Gasteiger partial charge in [-0.3, -0.25) is 4.79 Å². The van der Waals surface area contributed by atoms with Crippen LogP contribution in [0.15, 0.2) is 12.1 Å². The second-order valence-corrected chi connectivity index (χ2v) is 4.33. The van der Waals surface area contributed by atoms with E-state index in [4.69, 9.17) is 14.6 Å². The fraction of sp³-hybridized carbons (Fsp3) is 0.462. The molecule has 1 unspecified atom stereocenters. The number of rotatable bonds is 4. The molecule has 0 saturated carbocycles. The number of nitrogens with one attached hydrogen (secondary N) is 1. The van der Waals surface area contributed by atoms with Gasteiger partial charge < -0.3 is 19.9 Å². The lowest BCUT2D eigenvalue weighted by molar-refractivity contribution is -0.137. The average Bonchev–Trinajstić information content (AvgIpc) is 2.36. The number of anilines is 1. The maximum atomic E-state index is 10.7. The largest absolute Gasteiger partial charge is 0.497 e. The molecule has 5 heteroatoms. The lowest BCUT2D eigenvalue weighted by Crippen LogP contribution is -2.28. The first-order valence-electron chi connectivity index (χ1n) is 5.87. The molecule has 0 radical (unpaired) electrons. The van der Waals surface area contributed by atoms with E-state index < -0.39 is 5.97 Å². The normalized spacial score (nSPS) is 17.6. The van der Waals surface area contributed by atoms with E-state index in [9.17, 15) is 4.79 Å². The van der Waals surface area contributed by atoms with Crippen molar-refractivity contribution in [3.05, 3.63) is 17.7 Å². The van der Waals surface area contributed by atoms with E-state index in [0.29, 0.717) is 5.75 Å². The van der Waals surface area contributed by atoms with Crippen LogP contribution in [0.4, 0.5) is 5.69 Å². The van der Waals surface area contributed by atoms with E-state index in [1.807, 2.05) is 12.1 Å². The highest BCUT2D eigenvalue weighted by Gasteiger charge is 2.23.